The van der Waals surface area contributed by atoms with Gasteiger partial charge in [0, 0.05) is 29.2 Å². The third-order valence-corrected chi connectivity index (χ3v) is 2.66. The van der Waals surface area contributed by atoms with Crippen LogP contribution >= 0.6 is 0 Å². The fraction of sp³-hybridized carbons (Fsp3) is 0.333. The molecule has 0 saturated carbocycles. The zero-order chi connectivity index (χ0) is 11.0. The Morgan fingerprint density at radius 1 is 1.47 bits per heavy atom. The number of hydrogen-bond donors (Lipinski definition) is 1. The van der Waals surface area contributed by atoms with E-state index >= 15 is 0 Å². The fourth-order valence-electron chi connectivity index (χ4n) is 1.89. The largest absolute Gasteiger partial charge is 0.389 e. The monoisotopic (exact) mass is 207 g/mol. The Morgan fingerprint density at radius 3 is 2.80 bits per heavy atom. The van der Waals surface area contributed by atoms with Crippen LogP contribution in [0.4, 0.5) is 4.39 Å². The van der Waals surface area contributed by atoms with Crippen LogP contribution in [-0.4, -0.2) is 9.67 Å². The number of aliphatic hydroxyl groups is 1. The Hall–Kier alpha value is -1.35. The number of hydrogen-bond acceptors (Lipinski definition) is 1. The highest BCUT2D eigenvalue weighted by Crippen LogP contribution is 2.27. The smallest absolute Gasteiger partial charge is 0.123 e. The van der Waals surface area contributed by atoms with E-state index in [1.54, 1.807) is 13.0 Å². The zero-order valence-corrected chi connectivity index (χ0v) is 8.87. The minimum atomic E-state index is -0.568. The van der Waals surface area contributed by atoms with Crippen LogP contribution in [0, 0.1) is 5.82 Å². The lowest BCUT2D eigenvalue weighted by molar-refractivity contribution is 0.200. The molecule has 1 unspecified atom stereocenters. The van der Waals surface area contributed by atoms with Crippen molar-refractivity contribution in [1.29, 1.82) is 0 Å². The van der Waals surface area contributed by atoms with Gasteiger partial charge in [0.05, 0.1) is 6.10 Å². The summed E-state index contributed by atoms with van der Waals surface area (Å²) in [6.07, 6.45) is 1.32. The van der Waals surface area contributed by atoms with Gasteiger partial charge in [-0.25, -0.2) is 4.39 Å². The minimum absolute atomic E-state index is 0.266. The van der Waals surface area contributed by atoms with E-state index < -0.39 is 6.10 Å². The maximum atomic E-state index is 13.1. The van der Waals surface area contributed by atoms with Gasteiger partial charge in [-0.1, -0.05) is 0 Å². The van der Waals surface area contributed by atoms with E-state index in [9.17, 15) is 9.50 Å². The Bertz CT molecular complexity index is 488. The molecule has 80 valence electrons. The standard InChI is InChI=1S/C12H14FNO/c1-3-14-7-11(8(2)15)10-6-9(13)4-5-12(10)14/h4-8,15H,3H2,1-2H3. The average molecular weight is 207 g/mol. The molecular weight excluding hydrogens is 193 g/mol. The Kier molecular flexibility index (Phi) is 2.49. The van der Waals surface area contributed by atoms with E-state index in [-0.39, 0.29) is 5.82 Å². The molecule has 0 amide bonds. The summed E-state index contributed by atoms with van der Waals surface area (Å²) >= 11 is 0. The van der Waals surface area contributed by atoms with Gasteiger partial charge in [-0.2, -0.15) is 0 Å². The average Bonchev–Trinajstić information content (AvgIpc) is 2.55. The lowest BCUT2D eigenvalue weighted by Crippen LogP contribution is -1.91. The number of halogens is 1. The highest BCUT2D eigenvalue weighted by molar-refractivity contribution is 5.84. The number of aliphatic hydroxyl groups excluding tert-OH is 1. The van der Waals surface area contributed by atoms with Crippen LogP contribution in [0.25, 0.3) is 10.9 Å². The molecule has 0 aliphatic carbocycles. The number of fused-ring (bicyclic) bond motifs is 1. The van der Waals surface area contributed by atoms with Gasteiger partial charge in [0.25, 0.3) is 0 Å². The molecule has 1 aromatic heterocycles. The van der Waals surface area contributed by atoms with Crippen molar-refractivity contribution in [3.63, 3.8) is 0 Å². The molecule has 0 aliphatic rings. The van der Waals surface area contributed by atoms with Crippen molar-refractivity contribution in [2.24, 2.45) is 0 Å². The second kappa shape index (κ2) is 3.66. The van der Waals surface area contributed by atoms with Gasteiger partial charge in [-0.15, -0.1) is 0 Å². The normalized spacial score (nSPS) is 13.3. The first-order valence-corrected chi connectivity index (χ1v) is 5.10. The molecule has 1 N–H and O–H groups in total. The van der Waals surface area contributed by atoms with Crippen LogP contribution in [0.3, 0.4) is 0 Å². The summed E-state index contributed by atoms with van der Waals surface area (Å²) in [6, 6.07) is 4.67. The van der Waals surface area contributed by atoms with Gasteiger partial charge in [0.2, 0.25) is 0 Å². The summed E-state index contributed by atoms with van der Waals surface area (Å²) in [5, 5.41) is 10.4. The van der Waals surface area contributed by atoms with Crippen molar-refractivity contribution < 1.29 is 9.50 Å². The second-order valence-electron chi connectivity index (χ2n) is 3.71. The van der Waals surface area contributed by atoms with Gasteiger partial charge >= 0.3 is 0 Å². The van der Waals surface area contributed by atoms with Crippen molar-refractivity contribution >= 4 is 10.9 Å². The van der Waals surface area contributed by atoms with Crippen LogP contribution < -0.4 is 0 Å². The zero-order valence-electron chi connectivity index (χ0n) is 8.87. The summed E-state index contributed by atoms with van der Waals surface area (Å²) in [5.41, 5.74) is 1.75. The molecular formula is C12H14FNO. The molecule has 2 rings (SSSR count). The van der Waals surface area contributed by atoms with E-state index in [2.05, 4.69) is 0 Å². The third-order valence-electron chi connectivity index (χ3n) is 2.66. The van der Waals surface area contributed by atoms with E-state index in [0.29, 0.717) is 0 Å². The van der Waals surface area contributed by atoms with Crippen LogP contribution in [0.1, 0.15) is 25.5 Å². The Labute approximate surface area is 88.0 Å². The first-order valence-electron chi connectivity index (χ1n) is 5.10. The molecule has 3 heteroatoms. The number of aromatic nitrogens is 1. The predicted octanol–water partition coefficient (Wildman–Crippen LogP) is 2.85. The maximum absolute atomic E-state index is 13.1. The third kappa shape index (κ3) is 1.63. The second-order valence-corrected chi connectivity index (χ2v) is 3.71. The van der Waals surface area contributed by atoms with Crippen LogP contribution in [0.15, 0.2) is 24.4 Å². The van der Waals surface area contributed by atoms with Gasteiger partial charge in [-0.3, -0.25) is 0 Å². The number of nitrogens with zero attached hydrogens (tertiary/aromatic N) is 1. The molecule has 2 aromatic rings. The van der Waals surface area contributed by atoms with E-state index in [0.717, 1.165) is 23.0 Å². The van der Waals surface area contributed by atoms with Gasteiger partial charge in [0.15, 0.2) is 0 Å². The first-order chi connectivity index (χ1) is 7.13. The highest BCUT2D eigenvalue weighted by atomic mass is 19.1. The molecule has 0 bridgehead atoms. The Balaban J connectivity index is 2.76. The minimum Gasteiger partial charge on any atom is -0.389 e. The topological polar surface area (TPSA) is 25.2 Å². The quantitative estimate of drug-likeness (QED) is 0.804. The lowest BCUT2D eigenvalue weighted by Gasteiger charge is -2.00. The highest BCUT2D eigenvalue weighted by Gasteiger charge is 2.11. The molecule has 15 heavy (non-hydrogen) atoms. The SMILES string of the molecule is CCn1cc(C(C)O)c2cc(F)ccc21. The lowest BCUT2D eigenvalue weighted by atomic mass is 10.1. The molecule has 0 radical (unpaired) electrons. The van der Waals surface area contributed by atoms with Crippen LogP contribution in [-0.2, 0) is 6.54 Å². The molecule has 2 nitrogen and oxygen atoms in total. The summed E-state index contributed by atoms with van der Waals surface area (Å²) in [6.45, 7) is 4.53. The molecule has 0 saturated heterocycles. The molecule has 0 spiro atoms. The summed E-state index contributed by atoms with van der Waals surface area (Å²) in [4.78, 5) is 0. The predicted molar refractivity (Wildman–Crippen MR) is 58.2 cm³/mol. The molecule has 1 heterocycles. The first kappa shape index (κ1) is 10.2. The summed E-state index contributed by atoms with van der Waals surface area (Å²) in [7, 11) is 0. The fourth-order valence-corrected chi connectivity index (χ4v) is 1.89. The number of rotatable bonds is 2. The van der Waals surface area contributed by atoms with Crippen molar-refractivity contribution in [3.8, 4) is 0 Å². The van der Waals surface area contributed by atoms with Crippen LogP contribution in [0.5, 0.6) is 0 Å². The van der Waals surface area contributed by atoms with Gasteiger partial charge < -0.3 is 9.67 Å². The van der Waals surface area contributed by atoms with E-state index in [1.165, 1.54) is 12.1 Å². The summed E-state index contributed by atoms with van der Waals surface area (Å²) in [5.74, 6) is -0.266. The maximum Gasteiger partial charge on any atom is 0.123 e. The molecule has 0 aliphatic heterocycles. The van der Waals surface area contributed by atoms with Gasteiger partial charge in [0.1, 0.15) is 5.82 Å². The van der Waals surface area contributed by atoms with Gasteiger partial charge in [-0.05, 0) is 32.0 Å². The number of benzene rings is 1. The molecule has 1 aromatic carbocycles. The van der Waals surface area contributed by atoms with Crippen molar-refractivity contribution in [2.45, 2.75) is 26.5 Å². The summed E-state index contributed by atoms with van der Waals surface area (Å²) < 4.78 is 15.1. The van der Waals surface area contributed by atoms with Crippen molar-refractivity contribution in [3.05, 3.63) is 35.8 Å². The Morgan fingerprint density at radius 2 is 2.20 bits per heavy atom. The van der Waals surface area contributed by atoms with Crippen molar-refractivity contribution in [1.82, 2.24) is 4.57 Å². The van der Waals surface area contributed by atoms with Crippen molar-refractivity contribution in [2.75, 3.05) is 0 Å². The molecule has 0 fully saturated rings. The van der Waals surface area contributed by atoms with E-state index in [4.69, 9.17) is 0 Å². The van der Waals surface area contributed by atoms with Crippen LogP contribution in [0.2, 0.25) is 0 Å². The number of aryl methyl sites for hydroxylation is 1. The molecule has 1 atom stereocenters. The van der Waals surface area contributed by atoms with E-state index in [1.807, 2.05) is 17.7 Å².